The van der Waals surface area contributed by atoms with Crippen LogP contribution in [0.1, 0.15) is 12.8 Å². The third-order valence-corrected chi connectivity index (χ3v) is 6.65. The maximum absolute atomic E-state index is 12.9. The molecule has 10 heteroatoms. The van der Waals surface area contributed by atoms with Crippen LogP contribution in [-0.4, -0.2) is 46.7 Å². The zero-order valence-corrected chi connectivity index (χ0v) is 16.6. The van der Waals surface area contributed by atoms with Gasteiger partial charge in [-0.3, -0.25) is 9.13 Å². The highest BCUT2D eigenvalue weighted by Gasteiger charge is 2.27. The number of imidazole rings is 1. The summed E-state index contributed by atoms with van der Waals surface area (Å²) in [5.74, 6) is 0.604. The number of hydrogen-bond acceptors (Lipinski definition) is 6. The number of nitrogens with zero attached hydrogens (tertiary/aromatic N) is 5. The van der Waals surface area contributed by atoms with Crippen molar-refractivity contribution in [3.05, 3.63) is 47.1 Å². The number of aryl methyl sites for hydroxylation is 2. The smallest absolute Gasteiger partial charge is 0.328 e. The van der Waals surface area contributed by atoms with Crippen molar-refractivity contribution in [1.29, 1.82) is 0 Å². The van der Waals surface area contributed by atoms with Crippen LogP contribution in [-0.2, 0) is 24.1 Å². The largest absolute Gasteiger partial charge is 0.339 e. The van der Waals surface area contributed by atoms with E-state index in [1.807, 2.05) is 4.90 Å². The minimum atomic E-state index is -3.72. The van der Waals surface area contributed by atoms with Crippen LogP contribution in [0.2, 0.25) is 0 Å². The number of anilines is 1. The molecule has 3 heterocycles. The normalized spacial score (nSPS) is 17.9. The summed E-state index contributed by atoms with van der Waals surface area (Å²) in [5, 5.41) is 0. The first-order chi connectivity index (χ1) is 13.4. The lowest BCUT2D eigenvalue weighted by molar-refractivity contribution is 0.461. The van der Waals surface area contributed by atoms with E-state index in [0.29, 0.717) is 23.5 Å². The fourth-order valence-electron chi connectivity index (χ4n) is 3.65. The van der Waals surface area contributed by atoms with Gasteiger partial charge in [0.05, 0.1) is 15.9 Å². The summed E-state index contributed by atoms with van der Waals surface area (Å²) in [6.45, 7) is 1.30. The van der Waals surface area contributed by atoms with Gasteiger partial charge in [0.15, 0.2) is 0 Å². The van der Waals surface area contributed by atoms with E-state index >= 15 is 0 Å². The van der Waals surface area contributed by atoms with E-state index in [4.69, 9.17) is 0 Å². The van der Waals surface area contributed by atoms with Crippen molar-refractivity contribution in [1.82, 2.24) is 23.8 Å². The molecule has 1 N–H and O–H groups in total. The van der Waals surface area contributed by atoms with Gasteiger partial charge in [-0.25, -0.2) is 27.9 Å². The molecule has 1 unspecified atom stereocenters. The SMILES string of the molecule is Cn1c(=O)n(C)c2cc(S(=O)(=O)NC3CCCN(c4ncccn4)C3)ccc21. The van der Waals surface area contributed by atoms with Gasteiger partial charge in [-0.2, -0.15) is 0 Å². The summed E-state index contributed by atoms with van der Waals surface area (Å²) < 4.78 is 31.6. The topological polar surface area (TPSA) is 102 Å². The van der Waals surface area contributed by atoms with Gasteiger partial charge in [0.2, 0.25) is 16.0 Å². The first-order valence-corrected chi connectivity index (χ1v) is 10.5. The Kier molecular flexibility index (Phi) is 4.68. The van der Waals surface area contributed by atoms with Gasteiger partial charge in [-0.05, 0) is 37.1 Å². The summed E-state index contributed by atoms with van der Waals surface area (Å²) in [7, 11) is -0.421. The number of fused-ring (bicyclic) bond motifs is 1. The molecule has 1 aliphatic rings. The molecule has 2 aromatic heterocycles. The number of piperidine rings is 1. The number of sulfonamides is 1. The van der Waals surface area contributed by atoms with Gasteiger partial charge in [-0.1, -0.05) is 0 Å². The second-order valence-electron chi connectivity index (χ2n) is 7.01. The van der Waals surface area contributed by atoms with Crippen molar-refractivity contribution in [2.75, 3.05) is 18.0 Å². The molecule has 1 atom stereocenters. The van der Waals surface area contributed by atoms with Gasteiger partial charge < -0.3 is 4.90 Å². The molecule has 3 aromatic rings. The van der Waals surface area contributed by atoms with Crippen molar-refractivity contribution < 1.29 is 8.42 Å². The third kappa shape index (κ3) is 3.29. The van der Waals surface area contributed by atoms with Gasteiger partial charge >= 0.3 is 5.69 Å². The predicted molar refractivity (Wildman–Crippen MR) is 106 cm³/mol. The highest BCUT2D eigenvalue weighted by Crippen LogP contribution is 2.20. The molecular weight excluding hydrogens is 380 g/mol. The van der Waals surface area contributed by atoms with Gasteiger partial charge in [0.25, 0.3) is 0 Å². The summed E-state index contributed by atoms with van der Waals surface area (Å²) >= 11 is 0. The van der Waals surface area contributed by atoms with Crippen LogP contribution in [0.4, 0.5) is 5.95 Å². The summed E-state index contributed by atoms with van der Waals surface area (Å²) in [6, 6.07) is 6.25. The summed E-state index contributed by atoms with van der Waals surface area (Å²) in [5.41, 5.74) is 1.08. The van der Waals surface area contributed by atoms with E-state index in [-0.39, 0.29) is 16.6 Å². The maximum atomic E-state index is 12.9. The lowest BCUT2D eigenvalue weighted by Crippen LogP contribution is -2.48. The van der Waals surface area contributed by atoms with Crippen molar-refractivity contribution >= 4 is 27.0 Å². The molecule has 1 saturated heterocycles. The lowest BCUT2D eigenvalue weighted by Gasteiger charge is -2.32. The standard InChI is InChI=1S/C18H22N6O3S/c1-22-15-7-6-14(11-16(15)23(2)18(22)25)28(26,27)21-13-5-3-10-24(12-13)17-19-8-4-9-20-17/h4,6-9,11,13,21H,3,5,10,12H2,1-2H3. The van der Waals surface area contributed by atoms with Crippen LogP contribution < -0.4 is 15.3 Å². The van der Waals surface area contributed by atoms with E-state index in [9.17, 15) is 13.2 Å². The molecule has 28 heavy (non-hydrogen) atoms. The van der Waals surface area contributed by atoms with Gasteiger partial charge in [0.1, 0.15) is 0 Å². The quantitative estimate of drug-likeness (QED) is 0.686. The second kappa shape index (κ2) is 7.02. The van der Waals surface area contributed by atoms with E-state index in [1.54, 1.807) is 44.7 Å². The van der Waals surface area contributed by atoms with Crippen LogP contribution in [0.15, 0.2) is 46.3 Å². The fraction of sp³-hybridized carbons (Fsp3) is 0.389. The summed E-state index contributed by atoms with van der Waals surface area (Å²) in [4.78, 5) is 22.7. The van der Waals surface area contributed by atoms with Crippen molar-refractivity contribution in [2.45, 2.75) is 23.8 Å². The number of rotatable bonds is 4. The Morgan fingerprint density at radius 2 is 1.82 bits per heavy atom. The van der Waals surface area contributed by atoms with Crippen molar-refractivity contribution in [3.63, 3.8) is 0 Å². The second-order valence-corrected chi connectivity index (χ2v) is 8.72. The van der Waals surface area contributed by atoms with E-state index < -0.39 is 10.0 Å². The fourth-order valence-corrected chi connectivity index (χ4v) is 4.93. The molecule has 1 aromatic carbocycles. The molecule has 148 valence electrons. The lowest BCUT2D eigenvalue weighted by atomic mass is 10.1. The highest BCUT2D eigenvalue weighted by atomic mass is 32.2. The molecule has 0 amide bonds. The molecule has 0 radical (unpaired) electrons. The molecular formula is C18H22N6O3S. The molecule has 0 aliphatic carbocycles. The Balaban J connectivity index is 1.58. The average molecular weight is 402 g/mol. The van der Waals surface area contributed by atoms with Crippen LogP contribution in [0.3, 0.4) is 0 Å². The molecule has 0 bridgehead atoms. The van der Waals surface area contributed by atoms with E-state index in [0.717, 1.165) is 19.4 Å². The number of benzene rings is 1. The Bertz CT molecular complexity index is 1170. The first kappa shape index (κ1) is 18.6. The van der Waals surface area contributed by atoms with Crippen molar-refractivity contribution in [2.24, 2.45) is 14.1 Å². The number of hydrogen-bond donors (Lipinski definition) is 1. The minimum absolute atomic E-state index is 0.147. The van der Waals surface area contributed by atoms with E-state index in [1.165, 1.54) is 15.2 Å². The first-order valence-electron chi connectivity index (χ1n) is 9.06. The van der Waals surface area contributed by atoms with E-state index in [2.05, 4.69) is 14.7 Å². The zero-order valence-electron chi connectivity index (χ0n) is 15.7. The van der Waals surface area contributed by atoms with Crippen molar-refractivity contribution in [3.8, 4) is 0 Å². The minimum Gasteiger partial charge on any atom is -0.339 e. The van der Waals surface area contributed by atoms with Crippen LogP contribution >= 0.6 is 0 Å². The molecule has 0 spiro atoms. The molecule has 1 aliphatic heterocycles. The Hall–Kier alpha value is -2.72. The maximum Gasteiger partial charge on any atom is 0.328 e. The number of nitrogens with one attached hydrogen (secondary N) is 1. The molecule has 9 nitrogen and oxygen atoms in total. The average Bonchev–Trinajstić information content (AvgIpc) is 2.92. The van der Waals surface area contributed by atoms with Crippen LogP contribution in [0, 0.1) is 0 Å². The zero-order chi connectivity index (χ0) is 19.9. The Labute approximate surface area is 162 Å². The van der Waals surface area contributed by atoms with Gasteiger partial charge in [-0.15, -0.1) is 0 Å². The molecule has 1 fully saturated rings. The summed E-state index contributed by atoms with van der Waals surface area (Å²) in [6.07, 6.45) is 4.94. The van der Waals surface area contributed by atoms with Crippen LogP contribution in [0.25, 0.3) is 11.0 Å². The van der Waals surface area contributed by atoms with Gasteiger partial charge in [0, 0.05) is 45.6 Å². The Morgan fingerprint density at radius 1 is 1.11 bits per heavy atom. The number of aromatic nitrogens is 4. The molecule has 4 rings (SSSR count). The predicted octanol–water partition coefficient (Wildman–Crippen LogP) is 0.614. The Morgan fingerprint density at radius 3 is 2.57 bits per heavy atom. The van der Waals surface area contributed by atoms with Crippen LogP contribution in [0.5, 0.6) is 0 Å². The highest BCUT2D eigenvalue weighted by molar-refractivity contribution is 7.89. The third-order valence-electron chi connectivity index (χ3n) is 5.13. The monoisotopic (exact) mass is 402 g/mol. The molecule has 0 saturated carbocycles.